The molecule has 0 saturated heterocycles. The lowest BCUT2D eigenvalue weighted by Gasteiger charge is -2.01. The number of hydrogen-bond acceptors (Lipinski definition) is 2. The average Bonchev–Trinajstić information content (AvgIpc) is 1.97. The first-order chi connectivity index (χ1) is 5.66. The first kappa shape index (κ1) is 15.2. The molecule has 0 aromatic carbocycles. The van der Waals surface area contributed by atoms with Crippen molar-refractivity contribution in [1.29, 1.82) is 0 Å². The van der Waals surface area contributed by atoms with Gasteiger partial charge in [-0.25, -0.2) is 4.79 Å². The Kier molecular flexibility index (Phi) is 11.5. The highest BCUT2D eigenvalue weighted by atomic mass is 35.5. The minimum atomic E-state index is -0.728. The Labute approximate surface area is 86.3 Å². The van der Waals surface area contributed by atoms with Crippen LogP contribution in [0.5, 0.6) is 0 Å². The molecule has 0 rings (SSSR count). The van der Waals surface area contributed by atoms with Crippen LogP contribution < -0.4 is 12.4 Å². The maximum atomic E-state index is 10.3. The third kappa shape index (κ3) is 11.7. The summed E-state index contributed by atoms with van der Waals surface area (Å²) in [6.45, 7) is 4.54. The molecule has 0 aliphatic rings. The normalized spacial score (nSPS) is 12.2. The number of carboxylic acid groups (broad SMARTS) is 1. The summed E-state index contributed by atoms with van der Waals surface area (Å²) in [6.07, 6.45) is 4.67. The third-order valence-corrected chi connectivity index (χ3v) is 3.30. The zero-order valence-corrected chi connectivity index (χ0v) is 9.67. The van der Waals surface area contributed by atoms with Gasteiger partial charge in [0.05, 0.1) is 12.4 Å². The molecule has 0 bridgehead atoms. The van der Waals surface area contributed by atoms with Crippen molar-refractivity contribution in [3.63, 3.8) is 0 Å². The van der Waals surface area contributed by atoms with Gasteiger partial charge in [0, 0.05) is 14.6 Å². The highest BCUT2D eigenvalue weighted by molar-refractivity contribution is 7.57. The van der Waals surface area contributed by atoms with Gasteiger partial charge in [0.1, 0.15) is 6.61 Å². The summed E-state index contributed by atoms with van der Waals surface area (Å²) in [5.41, 5.74) is 0. The molecular weight excluding hydrogens is 211 g/mol. The van der Waals surface area contributed by atoms with Crippen LogP contribution >= 0.6 is 7.92 Å². The Morgan fingerprint density at radius 1 is 1.62 bits per heavy atom. The minimum absolute atomic E-state index is 0. The maximum Gasteiger partial charge on any atom is 0.341 e. The quantitative estimate of drug-likeness (QED) is 0.340. The smallest absolute Gasteiger partial charge is 0.341 e. The summed E-state index contributed by atoms with van der Waals surface area (Å²) in [7, 11) is -0.728. The number of hydrogen-bond donors (Lipinski definition) is 1. The van der Waals surface area contributed by atoms with E-state index in [1.165, 1.54) is 0 Å². The topological polar surface area (TPSA) is 46.5 Å². The van der Waals surface area contributed by atoms with Crippen LogP contribution in [-0.2, 0) is 9.53 Å². The van der Waals surface area contributed by atoms with Crippen molar-refractivity contribution >= 4 is 13.9 Å². The summed E-state index contributed by atoms with van der Waals surface area (Å²) < 4.78 is 5.09. The second kappa shape index (κ2) is 9.82. The Balaban J connectivity index is 0. The zero-order valence-electron chi connectivity index (χ0n) is 7.92. The van der Waals surface area contributed by atoms with Crippen molar-refractivity contribution in [1.82, 2.24) is 0 Å². The van der Waals surface area contributed by atoms with E-state index in [0.717, 1.165) is 6.16 Å². The fraction of sp³-hybridized carbons (Fsp3) is 0.625. The van der Waals surface area contributed by atoms with Crippen molar-refractivity contribution in [2.24, 2.45) is 0 Å². The molecule has 0 aromatic heterocycles. The molecule has 0 radical (unpaired) electrons. The number of rotatable bonds is 6. The van der Waals surface area contributed by atoms with Crippen molar-refractivity contribution in [3.8, 4) is 0 Å². The van der Waals surface area contributed by atoms with E-state index in [9.17, 15) is 4.79 Å². The molecule has 0 fully saturated rings. The van der Waals surface area contributed by atoms with Gasteiger partial charge in [0.15, 0.2) is 6.16 Å². The maximum absolute atomic E-state index is 10.3. The van der Waals surface area contributed by atoms with Gasteiger partial charge in [-0.3, -0.25) is 0 Å². The van der Waals surface area contributed by atoms with Gasteiger partial charge < -0.3 is 22.3 Å². The highest BCUT2D eigenvalue weighted by Gasteiger charge is 2.12. The standard InChI is InChI=1S/C8H15O3P.ClH/c1-3-4-11-5-6-12(2)7-8(9)10;/h3-4H,5-7H2,1-2H3,(H,9,10);1H. The Hall–Kier alpha value is -0.270. The molecule has 78 valence electrons. The van der Waals surface area contributed by atoms with Crippen molar-refractivity contribution < 1.29 is 27.0 Å². The molecule has 3 nitrogen and oxygen atoms in total. The van der Waals surface area contributed by atoms with Gasteiger partial charge >= 0.3 is 5.97 Å². The van der Waals surface area contributed by atoms with Crippen molar-refractivity contribution in [3.05, 3.63) is 12.3 Å². The molecule has 0 heterocycles. The van der Waals surface area contributed by atoms with Crippen LogP contribution in [0.1, 0.15) is 6.92 Å². The molecule has 1 unspecified atom stereocenters. The fourth-order valence-corrected chi connectivity index (χ4v) is 1.90. The van der Waals surface area contributed by atoms with Crippen LogP contribution in [0, 0.1) is 0 Å². The van der Waals surface area contributed by atoms with E-state index >= 15 is 0 Å². The molecule has 0 aliphatic heterocycles. The van der Waals surface area contributed by atoms with Gasteiger partial charge in [-0.1, -0.05) is 6.08 Å². The van der Waals surface area contributed by atoms with Crippen LogP contribution in [0.3, 0.4) is 0 Å². The average molecular weight is 227 g/mol. The molecule has 1 atom stereocenters. The molecule has 0 aromatic rings. The van der Waals surface area contributed by atoms with Gasteiger partial charge in [-0.2, -0.15) is 0 Å². The second-order valence-corrected chi connectivity index (χ2v) is 5.39. The summed E-state index contributed by atoms with van der Waals surface area (Å²) in [6, 6.07) is 0. The molecule has 0 spiro atoms. The number of ether oxygens (including phenoxy) is 1. The van der Waals surface area contributed by atoms with Crippen LogP contribution in [0.25, 0.3) is 0 Å². The summed E-state index contributed by atoms with van der Waals surface area (Å²) in [4.78, 5) is 10.3. The Bertz CT molecular complexity index is 161. The molecule has 5 heteroatoms. The van der Waals surface area contributed by atoms with Crippen LogP contribution in [0.2, 0.25) is 0 Å². The highest BCUT2D eigenvalue weighted by Crippen LogP contribution is 2.28. The van der Waals surface area contributed by atoms with Gasteiger partial charge in [0.2, 0.25) is 0 Å². The summed E-state index contributed by atoms with van der Waals surface area (Å²) in [5, 5.41) is 8.46. The van der Waals surface area contributed by atoms with E-state index in [4.69, 9.17) is 9.84 Å². The molecule has 0 aliphatic carbocycles. The van der Waals surface area contributed by atoms with Crippen molar-refractivity contribution in [2.75, 3.05) is 25.6 Å². The van der Waals surface area contributed by atoms with Gasteiger partial charge in [-0.15, -0.1) is 0 Å². The number of halogens is 1. The van der Waals surface area contributed by atoms with Crippen LogP contribution in [0.15, 0.2) is 12.3 Å². The molecule has 13 heavy (non-hydrogen) atoms. The Morgan fingerprint density at radius 2 is 2.23 bits per heavy atom. The molecule has 0 amide bonds. The van der Waals surface area contributed by atoms with Gasteiger partial charge in [-0.05, 0) is 6.92 Å². The number of carbonyl (C=O) groups is 1. The van der Waals surface area contributed by atoms with Gasteiger partial charge in [0.25, 0.3) is 0 Å². The number of allylic oxidation sites excluding steroid dienone is 1. The molecule has 0 saturated carbocycles. The van der Waals surface area contributed by atoms with Crippen LogP contribution in [-0.4, -0.2) is 36.7 Å². The number of aliphatic carboxylic acids is 1. The molecule has 1 N–H and O–H groups in total. The lowest BCUT2D eigenvalue weighted by atomic mass is 10.7. The fourth-order valence-electron chi connectivity index (χ4n) is 0.744. The lowest BCUT2D eigenvalue weighted by Crippen LogP contribution is -3.00. The minimum Gasteiger partial charge on any atom is -1.00 e. The largest absolute Gasteiger partial charge is 1.00 e. The SMILES string of the molecule is CC=COCC[PH+](C)CC(=O)O.[Cl-]. The van der Waals surface area contributed by atoms with E-state index in [-0.39, 0.29) is 12.4 Å². The number of carboxylic acids is 1. The Morgan fingerprint density at radius 3 is 2.69 bits per heavy atom. The van der Waals surface area contributed by atoms with E-state index in [0.29, 0.717) is 12.8 Å². The predicted octanol–water partition coefficient (Wildman–Crippen LogP) is -1.53. The van der Waals surface area contributed by atoms with Crippen molar-refractivity contribution in [2.45, 2.75) is 6.92 Å². The van der Waals surface area contributed by atoms with Crippen LogP contribution in [0.4, 0.5) is 0 Å². The second-order valence-electron chi connectivity index (χ2n) is 2.62. The first-order valence-electron chi connectivity index (χ1n) is 3.92. The first-order valence-corrected chi connectivity index (χ1v) is 6.34. The summed E-state index contributed by atoms with van der Waals surface area (Å²) in [5.74, 6) is -0.697. The zero-order chi connectivity index (χ0) is 9.40. The lowest BCUT2D eigenvalue weighted by molar-refractivity contribution is -0.134. The van der Waals surface area contributed by atoms with E-state index < -0.39 is 13.9 Å². The predicted molar refractivity (Wildman–Crippen MR) is 52.4 cm³/mol. The van der Waals surface area contributed by atoms with E-state index in [1.54, 1.807) is 6.26 Å². The van der Waals surface area contributed by atoms with E-state index in [2.05, 4.69) is 0 Å². The monoisotopic (exact) mass is 226 g/mol. The van der Waals surface area contributed by atoms with E-state index in [1.807, 2.05) is 19.7 Å². The third-order valence-electron chi connectivity index (χ3n) is 1.33. The summed E-state index contributed by atoms with van der Waals surface area (Å²) >= 11 is 0. The molecular formula is C8H16ClO3P.